The lowest BCUT2D eigenvalue weighted by Crippen LogP contribution is -2.29. The number of hydrogen-bond acceptors (Lipinski definition) is 3. The SMILES string of the molecule is Cc1cccc(OCCNS(=O)(=O)Cc2c(Cl)cccc2Cl)c1C. The van der Waals surface area contributed by atoms with Gasteiger partial charge in [-0.3, -0.25) is 0 Å². The number of sulfonamides is 1. The molecule has 0 saturated carbocycles. The van der Waals surface area contributed by atoms with Gasteiger partial charge in [0.05, 0.1) is 5.75 Å². The van der Waals surface area contributed by atoms with E-state index >= 15 is 0 Å². The normalized spacial score (nSPS) is 11.5. The van der Waals surface area contributed by atoms with E-state index in [0.29, 0.717) is 15.6 Å². The Morgan fingerprint density at radius 1 is 1.04 bits per heavy atom. The van der Waals surface area contributed by atoms with Gasteiger partial charge in [-0.1, -0.05) is 41.4 Å². The Labute approximate surface area is 152 Å². The standard InChI is InChI=1S/C17H19Cl2NO3S/c1-12-5-3-8-17(13(12)2)23-10-9-20-24(21,22)11-14-15(18)6-4-7-16(14)19/h3-8,20H,9-11H2,1-2H3. The van der Waals surface area contributed by atoms with Gasteiger partial charge < -0.3 is 4.74 Å². The van der Waals surface area contributed by atoms with Crippen molar-refractivity contribution in [3.63, 3.8) is 0 Å². The average molecular weight is 388 g/mol. The molecular formula is C17H19Cl2NO3S. The first kappa shape index (κ1) is 19.1. The van der Waals surface area contributed by atoms with Crippen molar-refractivity contribution in [1.82, 2.24) is 4.72 Å². The van der Waals surface area contributed by atoms with Crippen molar-refractivity contribution in [2.45, 2.75) is 19.6 Å². The zero-order chi connectivity index (χ0) is 17.7. The van der Waals surface area contributed by atoms with E-state index in [0.717, 1.165) is 16.9 Å². The second-order valence-corrected chi connectivity index (χ2v) is 8.02. The predicted octanol–water partition coefficient (Wildman–Crippen LogP) is 4.11. The van der Waals surface area contributed by atoms with Crippen molar-refractivity contribution in [3.05, 3.63) is 63.1 Å². The summed E-state index contributed by atoms with van der Waals surface area (Å²) in [7, 11) is -3.55. The van der Waals surface area contributed by atoms with Crippen molar-refractivity contribution in [2.75, 3.05) is 13.2 Å². The average Bonchev–Trinajstić information content (AvgIpc) is 2.51. The molecular weight excluding hydrogens is 369 g/mol. The summed E-state index contributed by atoms with van der Waals surface area (Å²) in [6, 6.07) is 10.7. The number of rotatable bonds is 7. The molecule has 24 heavy (non-hydrogen) atoms. The quantitative estimate of drug-likeness (QED) is 0.727. The number of halogens is 2. The van der Waals surface area contributed by atoms with E-state index in [9.17, 15) is 8.42 Å². The molecule has 0 aliphatic carbocycles. The van der Waals surface area contributed by atoms with Crippen molar-refractivity contribution in [1.29, 1.82) is 0 Å². The van der Waals surface area contributed by atoms with Crippen LogP contribution < -0.4 is 9.46 Å². The summed E-state index contributed by atoms with van der Waals surface area (Å²) in [5.41, 5.74) is 2.56. The molecule has 2 rings (SSSR count). The molecule has 7 heteroatoms. The highest BCUT2D eigenvalue weighted by atomic mass is 35.5. The molecule has 0 unspecified atom stereocenters. The van der Waals surface area contributed by atoms with Crippen molar-refractivity contribution < 1.29 is 13.2 Å². The van der Waals surface area contributed by atoms with Crippen molar-refractivity contribution >= 4 is 33.2 Å². The smallest absolute Gasteiger partial charge is 0.216 e. The van der Waals surface area contributed by atoms with Crippen LogP contribution >= 0.6 is 23.2 Å². The number of ether oxygens (including phenoxy) is 1. The van der Waals surface area contributed by atoms with E-state index < -0.39 is 10.0 Å². The fourth-order valence-electron chi connectivity index (χ4n) is 2.15. The van der Waals surface area contributed by atoms with Gasteiger partial charge in [0.2, 0.25) is 10.0 Å². The third kappa shape index (κ3) is 5.11. The maximum atomic E-state index is 12.2. The Balaban J connectivity index is 1.90. The lowest BCUT2D eigenvalue weighted by atomic mass is 10.1. The molecule has 2 aromatic carbocycles. The number of aryl methyl sites for hydroxylation is 1. The van der Waals surface area contributed by atoms with Crippen LogP contribution in [-0.2, 0) is 15.8 Å². The maximum absolute atomic E-state index is 12.2. The van der Waals surface area contributed by atoms with Crippen LogP contribution in [0.2, 0.25) is 10.0 Å². The van der Waals surface area contributed by atoms with Gasteiger partial charge in [0.15, 0.2) is 0 Å². The van der Waals surface area contributed by atoms with Crippen LogP contribution in [0.15, 0.2) is 36.4 Å². The topological polar surface area (TPSA) is 55.4 Å². The summed E-state index contributed by atoms with van der Waals surface area (Å²) < 4.78 is 32.4. The summed E-state index contributed by atoms with van der Waals surface area (Å²) in [6.45, 7) is 4.37. The molecule has 2 aromatic rings. The third-order valence-corrected chi connectivity index (χ3v) is 5.65. The molecule has 0 amide bonds. The number of benzene rings is 2. The van der Waals surface area contributed by atoms with E-state index in [1.807, 2.05) is 32.0 Å². The zero-order valence-corrected chi connectivity index (χ0v) is 15.8. The third-order valence-electron chi connectivity index (χ3n) is 3.63. The minimum atomic E-state index is -3.55. The molecule has 0 radical (unpaired) electrons. The lowest BCUT2D eigenvalue weighted by Gasteiger charge is -2.12. The maximum Gasteiger partial charge on any atom is 0.216 e. The predicted molar refractivity (Wildman–Crippen MR) is 98.5 cm³/mol. The molecule has 1 N–H and O–H groups in total. The molecule has 0 bridgehead atoms. The first-order valence-corrected chi connectivity index (χ1v) is 9.80. The highest BCUT2D eigenvalue weighted by molar-refractivity contribution is 7.88. The molecule has 0 spiro atoms. The van der Waals surface area contributed by atoms with Crippen LogP contribution in [0.5, 0.6) is 5.75 Å². The Morgan fingerprint density at radius 2 is 1.67 bits per heavy atom. The van der Waals surface area contributed by atoms with Gasteiger partial charge in [0.1, 0.15) is 12.4 Å². The summed E-state index contributed by atoms with van der Waals surface area (Å²) >= 11 is 12.0. The molecule has 0 aliphatic rings. The summed E-state index contributed by atoms with van der Waals surface area (Å²) in [5, 5.41) is 0.666. The van der Waals surface area contributed by atoms with Gasteiger partial charge in [0.25, 0.3) is 0 Å². The fourth-order valence-corrected chi connectivity index (χ4v) is 4.03. The molecule has 4 nitrogen and oxygen atoms in total. The minimum absolute atomic E-state index is 0.164. The van der Waals surface area contributed by atoms with Crippen LogP contribution in [0, 0.1) is 13.8 Å². The molecule has 0 aliphatic heterocycles. The van der Waals surface area contributed by atoms with E-state index in [2.05, 4.69) is 4.72 Å². The van der Waals surface area contributed by atoms with Crippen LogP contribution in [0.25, 0.3) is 0 Å². The monoisotopic (exact) mass is 387 g/mol. The molecule has 0 saturated heterocycles. The van der Waals surface area contributed by atoms with Gasteiger partial charge in [0, 0.05) is 22.2 Å². The van der Waals surface area contributed by atoms with E-state index in [1.54, 1.807) is 18.2 Å². The van der Waals surface area contributed by atoms with Crippen LogP contribution in [-0.4, -0.2) is 21.6 Å². The zero-order valence-electron chi connectivity index (χ0n) is 13.5. The molecule has 0 heterocycles. The van der Waals surface area contributed by atoms with Gasteiger partial charge in [-0.2, -0.15) is 0 Å². The Kier molecular flexibility index (Phi) is 6.52. The summed E-state index contributed by atoms with van der Waals surface area (Å²) in [6.07, 6.45) is 0. The minimum Gasteiger partial charge on any atom is -0.492 e. The molecule has 0 aromatic heterocycles. The lowest BCUT2D eigenvalue weighted by molar-refractivity contribution is 0.320. The van der Waals surface area contributed by atoms with Gasteiger partial charge >= 0.3 is 0 Å². The molecule has 130 valence electrons. The van der Waals surface area contributed by atoms with Crippen molar-refractivity contribution in [2.24, 2.45) is 0 Å². The van der Waals surface area contributed by atoms with E-state index in [1.165, 1.54) is 0 Å². The number of hydrogen-bond donors (Lipinski definition) is 1. The fraction of sp³-hybridized carbons (Fsp3) is 0.294. The number of nitrogens with one attached hydrogen (secondary N) is 1. The molecule has 0 atom stereocenters. The van der Waals surface area contributed by atoms with Gasteiger partial charge in [-0.05, 0) is 43.2 Å². The Hall–Kier alpha value is -1.27. The van der Waals surface area contributed by atoms with Crippen LogP contribution in [0.3, 0.4) is 0 Å². The second-order valence-electron chi connectivity index (χ2n) is 5.40. The largest absolute Gasteiger partial charge is 0.492 e. The Bertz CT molecular complexity index is 802. The summed E-state index contributed by atoms with van der Waals surface area (Å²) in [4.78, 5) is 0. The van der Waals surface area contributed by atoms with Crippen LogP contribution in [0.1, 0.15) is 16.7 Å². The molecule has 0 fully saturated rings. The highest BCUT2D eigenvalue weighted by Gasteiger charge is 2.16. The van der Waals surface area contributed by atoms with E-state index in [4.69, 9.17) is 27.9 Å². The van der Waals surface area contributed by atoms with Crippen LogP contribution in [0.4, 0.5) is 0 Å². The summed E-state index contributed by atoms with van der Waals surface area (Å²) in [5.74, 6) is 0.484. The Morgan fingerprint density at radius 3 is 2.33 bits per heavy atom. The van der Waals surface area contributed by atoms with Gasteiger partial charge in [-0.25, -0.2) is 13.1 Å². The van der Waals surface area contributed by atoms with E-state index in [-0.39, 0.29) is 18.9 Å². The van der Waals surface area contributed by atoms with Gasteiger partial charge in [-0.15, -0.1) is 0 Å². The second kappa shape index (κ2) is 8.21. The first-order chi connectivity index (χ1) is 11.3. The highest BCUT2D eigenvalue weighted by Crippen LogP contribution is 2.26. The first-order valence-electron chi connectivity index (χ1n) is 7.39. The van der Waals surface area contributed by atoms with Crippen molar-refractivity contribution in [3.8, 4) is 5.75 Å².